The summed E-state index contributed by atoms with van der Waals surface area (Å²) in [5.74, 6) is 0.777. The topological polar surface area (TPSA) is 3.24 Å². The normalized spacial score (nSPS) is 34.1. The highest BCUT2D eigenvalue weighted by Crippen LogP contribution is 2.26. The van der Waals surface area contributed by atoms with E-state index in [1.165, 1.54) is 19.3 Å². The first kappa shape index (κ1) is 12.3. The number of nitrogens with zero attached hydrogens (tertiary/aromatic N) is 1. The Bertz CT molecular complexity index is 172. The van der Waals surface area contributed by atoms with E-state index in [-0.39, 0.29) is 0 Å². The van der Waals surface area contributed by atoms with E-state index in [1.54, 1.807) is 0 Å². The van der Waals surface area contributed by atoms with Crippen LogP contribution in [0, 0.1) is 5.92 Å². The van der Waals surface area contributed by atoms with Gasteiger partial charge in [0.2, 0.25) is 0 Å². The molecule has 0 aliphatic carbocycles. The fourth-order valence-corrected chi connectivity index (χ4v) is 2.61. The van der Waals surface area contributed by atoms with Crippen molar-refractivity contribution in [3.05, 3.63) is 0 Å². The van der Waals surface area contributed by atoms with E-state index in [2.05, 4.69) is 32.6 Å². The van der Waals surface area contributed by atoms with Crippen LogP contribution in [0.15, 0.2) is 0 Å². The molecule has 2 heteroatoms. The molecular weight excluding hydrogens is 194 g/mol. The van der Waals surface area contributed by atoms with Crippen LogP contribution in [0.2, 0.25) is 0 Å². The van der Waals surface area contributed by atoms with Crippen LogP contribution in [0.3, 0.4) is 0 Å². The van der Waals surface area contributed by atoms with Crippen LogP contribution in [0.4, 0.5) is 0 Å². The first-order valence-electron chi connectivity index (χ1n) is 5.96. The van der Waals surface area contributed by atoms with Gasteiger partial charge in [0, 0.05) is 24.0 Å². The maximum absolute atomic E-state index is 6.23. The molecule has 4 atom stereocenters. The van der Waals surface area contributed by atoms with Crippen molar-refractivity contribution >= 4 is 11.6 Å². The first-order valence-corrected chi connectivity index (χ1v) is 6.39. The van der Waals surface area contributed by atoms with E-state index < -0.39 is 0 Å². The van der Waals surface area contributed by atoms with E-state index in [0.29, 0.717) is 17.5 Å². The third-order valence-electron chi connectivity index (χ3n) is 3.86. The molecule has 1 rings (SSSR count). The number of piperidine rings is 1. The van der Waals surface area contributed by atoms with Crippen LogP contribution in [-0.4, -0.2) is 28.9 Å². The fourth-order valence-electron chi connectivity index (χ4n) is 2.32. The molecule has 1 heterocycles. The van der Waals surface area contributed by atoms with Crippen molar-refractivity contribution in [1.82, 2.24) is 4.90 Å². The zero-order valence-electron chi connectivity index (χ0n) is 9.96. The summed E-state index contributed by atoms with van der Waals surface area (Å²) < 4.78 is 0. The Kier molecular flexibility index (Phi) is 4.72. The average molecular weight is 218 g/mol. The van der Waals surface area contributed by atoms with Gasteiger partial charge in [-0.25, -0.2) is 0 Å². The van der Waals surface area contributed by atoms with E-state index in [0.717, 1.165) is 12.5 Å². The summed E-state index contributed by atoms with van der Waals surface area (Å²) in [6, 6.07) is 1.39. The van der Waals surface area contributed by atoms with Crippen molar-refractivity contribution in [2.24, 2.45) is 5.92 Å². The van der Waals surface area contributed by atoms with Gasteiger partial charge in [-0.1, -0.05) is 20.3 Å². The zero-order valence-corrected chi connectivity index (χ0v) is 10.7. The molecule has 84 valence electrons. The van der Waals surface area contributed by atoms with Gasteiger partial charge < -0.3 is 0 Å². The second-order valence-electron chi connectivity index (χ2n) is 4.85. The Hall–Kier alpha value is 0.250. The Morgan fingerprint density at radius 3 is 2.57 bits per heavy atom. The molecule has 1 aliphatic rings. The Morgan fingerprint density at radius 2 is 2.00 bits per heavy atom. The smallest absolute Gasteiger partial charge is 0.0464 e. The number of rotatable bonds is 3. The molecule has 1 fully saturated rings. The van der Waals surface area contributed by atoms with Crippen molar-refractivity contribution < 1.29 is 0 Å². The maximum Gasteiger partial charge on any atom is 0.0464 e. The summed E-state index contributed by atoms with van der Waals surface area (Å²) in [5.41, 5.74) is 0. The molecule has 0 spiro atoms. The lowest BCUT2D eigenvalue weighted by Crippen LogP contribution is -2.49. The molecule has 0 radical (unpaired) electrons. The average Bonchev–Trinajstić information content (AvgIpc) is 2.19. The van der Waals surface area contributed by atoms with E-state index >= 15 is 0 Å². The molecule has 0 amide bonds. The minimum Gasteiger partial charge on any atom is -0.296 e. The molecule has 0 aromatic carbocycles. The fraction of sp³-hybridized carbons (Fsp3) is 1.00. The summed E-state index contributed by atoms with van der Waals surface area (Å²) in [6.45, 7) is 10.4. The van der Waals surface area contributed by atoms with Gasteiger partial charge >= 0.3 is 0 Å². The second-order valence-corrected chi connectivity index (χ2v) is 5.46. The Balaban J connectivity index is 2.55. The lowest BCUT2D eigenvalue weighted by molar-refractivity contribution is 0.0850. The molecule has 4 unspecified atom stereocenters. The molecule has 14 heavy (non-hydrogen) atoms. The van der Waals surface area contributed by atoms with E-state index in [4.69, 9.17) is 11.6 Å². The molecule has 0 bridgehead atoms. The van der Waals surface area contributed by atoms with Crippen molar-refractivity contribution in [2.45, 2.75) is 64.4 Å². The van der Waals surface area contributed by atoms with Gasteiger partial charge in [-0.15, -0.1) is 11.6 Å². The van der Waals surface area contributed by atoms with Crippen LogP contribution in [0.1, 0.15) is 47.0 Å². The lowest BCUT2D eigenvalue weighted by atomic mass is 9.94. The predicted octanol–water partition coefficient (Wildman–Crippen LogP) is 3.51. The van der Waals surface area contributed by atoms with E-state index in [9.17, 15) is 0 Å². The van der Waals surface area contributed by atoms with Crippen LogP contribution >= 0.6 is 11.6 Å². The number of hydrogen-bond acceptors (Lipinski definition) is 1. The van der Waals surface area contributed by atoms with Gasteiger partial charge in [0.25, 0.3) is 0 Å². The summed E-state index contributed by atoms with van der Waals surface area (Å²) in [5, 5.41) is 0.373. The molecule has 0 saturated carbocycles. The van der Waals surface area contributed by atoms with E-state index in [1.807, 2.05) is 0 Å². The first-order chi connectivity index (χ1) is 6.56. The summed E-state index contributed by atoms with van der Waals surface area (Å²) >= 11 is 6.23. The monoisotopic (exact) mass is 217 g/mol. The highest BCUT2D eigenvalue weighted by molar-refractivity contribution is 6.20. The molecular formula is C12H24ClN. The number of halogens is 1. The molecule has 0 aromatic rings. The van der Waals surface area contributed by atoms with Crippen molar-refractivity contribution in [2.75, 3.05) is 6.54 Å². The molecule has 0 N–H and O–H groups in total. The largest absolute Gasteiger partial charge is 0.296 e. The number of likely N-dealkylation sites (tertiary alicyclic amines) is 1. The van der Waals surface area contributed by atoms with Gasteiger partial charge in [0.1, 0.15) is 0 Å². The van der Waals surface area contributed by atoms with Gasteiger partial charge in [0.15, 0.2) is 0 Å². The summed E-state index contributed by atoms with van der Waals surface area (Å²) in [7, 11) is 0. The van der Waals surface area contributed by atoms with Crippen LogP contribution in [0.5, 0.6) is 0 Å². The lowest BCUT2D eigenvalue weighted by Gasteiger charge is -2.42. The van der Waals surface area contributed by atoms with Crippen molar-refractivity contribution in [3.8, 4) is 0 Å². The SMILES string of the molecule is CCC(C)C(C)N1CC(Cl)CCC1C. The van der Waals surface area contributed by atoms with Gasteiger partial charge in [-0.3, -0.25) is 4.90 Å². The molecule has 0 aromatic heterocycles. The quantitative estimate of drug-likeness (QED) is 0.654. The van der Waals surface area contributed by atoms with Crippen LogP contribution in [0.25, 0.3) is 0 Å². The van der Waals surface area contributed by atoms with Crippen molar-refractivity contribution in [3.63, 3.8) is 0 Å². The highest BCUT2D eigenvalue weighted by Gasteiger charge is 2.29. The minimum atomic E-state index is 0.373. The predicted molar refractivity (Wildman–Crippen MR) is 64.0 cm³/mol. The van der Waals surface area contributed by atoms with Gasteiger partial charge in [-0.05, 0) is 32.6 Å². The highest BCUT2D eigenvalue weighted by atomic mass is 35.5. The second kappa shape index (κ2) is 5.37. The van der Waals surface area contributed by atoms with Crippen molar-refractivity contribution in [1.29, 1.82) is 0 Å². The number of alkyl halides is 1. The molecule has 1 nitrogen and oxygen atoms in total. The third-order valence-corrected chi connectivity index (χ3v) is 4.22. The summed E-state index contributed by atoms with van der Waals surface area (Å²) in [6.07, 6.45) is 3.71. The molecule has 1 aliphatic heterocycles. The summed E-state index contributed by atoms with van der Waals surface area (Å²) in [4.78, 5) is 2.59. The van der Waals surface area contributed by atoms with Gasteiger partial charge in [0.05, 0.1) is 0 Å². The standard InChI is InChI=1S/C12H24ClN/c1-5-9(2)11(4)14-8-12(13)7-6-10(14)3/h9-12H,5-8H2,1-4H3. The number of hydrogen-bond donors (Lipinski definition) is 0. The zero-order chi connectivity index (χ0) is 10.7. The third kappa shape index (κ3) is 2.87. The Morgan fingerprint density at radius 1 is 1.36 bits per heavy atom. The van der Waals surface area contributed by atoms with Crippen LogP contribution in [-0.2, 0) is 0 Å². The maximum atomic E-state index is 6.23. The Labute approximate surface area is 93.8 Å². The molecule has 1 saturated heterocycles. The van der Waals surface area contributed by atoms with Gasteiger partial charge in [-0.2, -0.15) is 0 Å². The van der Waals surface area contributed by atoms with Crippen LogP contribution < -0.4 is 0 Å². The minimum absolute atomic E-state index is 0.373.